The van der Waals surface area contributed by atoms with Crippen molar-refractivity contribution in [3.05, 3.63) is 127 Å². The van der Waals surface area contributed by atoms with Crippen molar-refractivity contribution < 1.29 is 0 Å². The molecule has 0 aliphatic heterocycles. The van der Waals surface area contributed by atoms with Gasteiger partial charge in [0.2, 0.25) is 0 Å². The van der Waals surface area contributed by atoms with E-state index in [1.165, 1.54) is 0 Å². The lowest BCUT2D eigenvalue weighted by molar-refractivity contribution is 0.774. The molecular weight excluding hydrogens is 691 g/mol. The fraction of sp³-hybridized carbons (Fsp3) is 0.553. The fourth-order valence-corrected chi connectivity index (χ4v) is 3.20. The van der Waals surface area contributed by atoms with Crippen LogP contribution in [-0.4, -0.2) is 45.1 Å². The zero-order valence-electron chi connectivity index (χ0n) is 38.6. The molecule has 0 bridgehead atoms. The predicted octanol–water partition coefficient (Wildman–Crippen LogP) is 14.4. The Bertz CT molecular complexity index is 1100. The minimum atomic E-state index is 0. The second-order valence-electron chi connectivity index (χ2n) is 11.5. The van der Waals surface area contributed by atoms with E-state index in [0.717, 1.165) is 28.6 Å². The van der Waals surface area contributed by atoms with Gasteiger partial charge in [-0.05, 0) is 60.1 Å². The van der Waals surface area contributed by atoms with Crippen molar-refractivity contribution in [2.75, 3.05) is 0 Å². The molecule has 0 aliphatic rings. The highest BCUT2D eigenvalue weighted by Crippen LogP contribution is 2.10. The van der Waals surface area contributed by atoms with Crippen molar-refractivity contribution in [1.29, 1.82) is 0 Å². The molecule has 0 aliphatic carbocycles. The molecule has 5 aromatic heterocycles. The van der Waals surface area contributed by atoms with Gasteiger partial charge in [0, 0.05) is 66.9 Å². The van der Waals surface area contributed by atoms with Gasteiger partial charge < -0.3 is 0 Å². The highest BCUT2D eigenvalue weighted by atomic mass is 15.1. The van der Waals surface area contributed by atoms with E-state index in [0.29, 0.717) is 29.6 Å². The van der Waals surface area contributed by atoms with Crippen LogP contribution in [0, 0.1) is 0 Å². The third kappa shape index (κ3) is 37.8. The smallest absolute Gasteiger partial charge is 0.130 e. The molecule has 0 radical (unpaired) electrons. The molecular formula is C47H85N9. The summed E-state index contributed by atoms with van der Waals surface area (Å²) >= 11 is 0. The Morgan fingerprint density at radius 3 is 1.09 bits per heavy atom. The van der Waals surface area contributed by atoms with Crippen molar-refractivity contribution >= 4 is 0 Å². The summed E-state index contributed by atoms with van der Waals surface area (Å²) in [6, 6.07) is 13.6. The monoisotopic (exact) mass is 776 g/mol. The van der Waals surface area contributed by atoms with E-state index in [-0.39, 0.29) is 7.43 Å². The maximum atomic E-state index is 4.18. The minimum Gasteiger partial charge on any atom is -0.261 e. The molecule has 56 heavy (non-hydrogen) atoms. The van der Waals surface area contributed by atoms with Crippen molar-refractivity contribution in [1.82, 2.24) is 45.1 Å². The zero-order chi connectivity index (χ0) is 43.5. The van der Waals surface area contributed by atoms with E-state index in [1.54, 1.807) is 49.7 Å². The molecule has 0 saturated carbocycles. The van der Waals surface area contributed by atoms with E-state index in [4.69, 9.17) is 0 Å². The quantitative estimate of drug-likeness (QED) is 0.172. The number of aromatic nitrogens is 9. The normalized spacial score (nSPS) is 8.66. The van der Waals surface area contributed by atoms with Gasteiger partial charge in [-0.3, -0.25) is 15.0 Å². The van der Waals surface area contributed by atoms with Crippen LogP contribution >= 0.6 is 0 Å². The van der Waals surface area contributed by atoms with Crippen LogP contribution in [0.5, 0.6) is 0 Å². The Labute approximate surface area is 346 Å². The Morgan fingerprint density at radius 2 is 0.821 bits per heavy atom. The fourth-order valence-electron chi connectivity index (χ4n) is 3.20. The van der Waals surface area contributed by atoms with Crippen LogP contribution in [0.15, 0.2) is 98.4 Å². The summed E-state index contributed by atoms with van der Waals surface area (Å²) < 4.78 is 0. The van der Waals surface area contributed by atoms with E-state index >= 15 is 0 Å². The molecule has 5 aromatic rings. The lowest BCUT2D eigenvalue weighted by Crippen LogP contribution is -1.93. The molecule has 0 unspecified atom stereocenters. The maximum absolute atomic E-state index is 4.18. The van der Waals surface area contributed by atoms with E-state index < -0.39 is 0 Å². The van der Waals surface area contributed by atoms with Crippen LogP contribution in [0.4, 0.5) is 0 Å². The van der Waals surface area contributed by atoms with Crippen LogP contribution in [0.3, 0.4) is 0 Å². The number of pyridine rings is 1. The molecule has 5 rings (SSSR count). The largest absolute Gasteiger partial charge is 0.261 e. The van der Waals surface area contributed by atoms with Crippen LogP contribution < -0.4 is 0 Å². The molecule has 0 amide bonds. The van der Waals surface area contributed by atoms with Crippen molar-refractivity contribution in [3.63, 3.8) is 0 Å². The molecule has 0 aromatic carbocycles. The van der Waals surface area contributed by atoms with Crippen molar-refractivity contribution in [3.8, 4) is 0 Å². The SMILES string of the molecule is C.CC.CC.CC.CC.CC.CC(C)c1ccccn1.CC(C)c1cccnn1.CC(C)c1ccncn1.CC(C)c1cnccn1.CC(C)c1ncccn1. The van der Waals surface area contributed by atoms with Crippen LogP contribution in [-0.2, 0) is 0 Å². The third-order valence-electron chi connectivity index (χ3n) is 5.94. The Balaban J connectivity index is -0.000000131. The van der Waals surface area contributed by atoms with Gasteiger partial charge in [0.25, 0.3) is 0 Å². The summed E-state index contributed by atoms with van der Waals surface area (Å²) in [6.07, 6.45) is 15.6. The standard InChI is InChI=1S/C8H11N.4C7H10N2.5C2H6.CH4/c1-7(2)8-5-3-4-6-9-8;1-6(2)7-5-8-3-4-9-7;1-6(2)7-3-4-8-5-9-7;1-6(2)7-8-4-3-5-9-7;1-6(2)7-4-3-5-8-9-7;5*1-2;/h3-7H,1-2H3;4*3-6H,1-2H3;5*1-2H3;1H4. The first kappa shape index (κ1) is 63.4. The Morgan fingerprint density at radius 1 is 0.357 bits per heavy atom. The van der Waals surface area contributed by atoms with Crippen LogP contribution in [0.1, 0.15) is 204 Å². The number of hydrogen-bond acceptors (Lipinski definition) is 9. The van der Waals surface area contributed by atoms with Gasteiger partial charge in [0.05, 0.1) is 11.4 Å². The van der Waals surface area contributed by atoms with E-state index in [1.807, 2.05) is 118 Å². The summed E-state index contributed by atoms with van der Waals surface area (Å²) in [4.78, 5) is 28.3. The molecule has 0 atom stereocenters. The minimum absolute atomic E-state index is 0. The summed E-state index contributed by atoms with van der Waals surface area (Å²) in [7, 11) is 0. The topological polar surface area (TPSA) is 116 Å². The van der Waals surface area contributed by atoms with Gasteiger partial charge in [0.15, 0.2) is 0 Å². The summed E-state index contributed by atoms with van der Waals surface area (Å²) in [6.45, 7) is 41.1. The summed E-state index contributed by atoms with van der Waals surface area (Å²) in [5, 5.41) is 7.68. The molecule has 0 N–H and O–H groups in total. The average Bonchev–Trinajstić information content (AvgIpc) is 3.27. The van der Waals surface area contributed by atoms with Gasteiger partial charge in [-0.15, -0.1) is 0 Å². The van der Waals surface area contributed by atoms with Gasteiger partial charge in [-0.25, -0.2) is 19.9 Å². The van der Waals surface area contributed by atoms with Crippen LogP contribution in [0.2, 0.25) is 0 Å². The number of hydrogen-bond donors (Lipinski definition) is 0. The lowest BCUT2D eigenvalue weighted by atomic mass is 10.1. The first-order valence-corrected chi connectivity index (χ1v) is 20.5. The molecule has 9 nitrogen and oxygen atoms in total. The number of rotatable bonds is 5. The van der Waals surface area contributed by atoms with Crippen molar-refractivity contribution in [2.24, 2.45) is 0 Å². The molecule has 9 heteroatoms. The molecule has 318 valence electrons. The van der Waals surface area contributed by atoms with Crippen molar-refractivity contribution in [2.45, 2.75) is 175 Å². The van der Waals surface area contributed by atoms with E-state index in [2.05, 4.69) is 114 Å². The van der Waals surface area contributed by atoms with Gasteiger partial charge in [-0.2, -0.15) is 10.2 Å². The second kappa shape index (κ2) is 48.5. The molecule has 0 saturated heterocycles. The predicted molar refractivity (Wildman–Crippen MR) is 246 cm³/mol. The molecule has 0 fully saturated rings. The highest BCUT2D eigenvalue weighted by Gasteiger charge is 1.99. The molecule has 5 heterocycles. The van der Waals surface area contributed by atoms with Gasteiger partial charge in [-0.1, -0.05) is 152 Å². The van der Waals surface area contributed by atoms with Gasteiger partial charge in [0.1, 0.15) is 12.2 Å². The Kier molecular flexibility index (Phi) is 54.9. The zero-order valence-corrected chi connectivity index (χ0v) is 38.6. The number of nitrogens with zero attached hydrogens (tertiary/aromatic N) is 9. The first-order valence-electron chi connectivity index (χ1n) is 20.5. The van der Waals surface area contributed by atoms with Gasteiger partial charge >= 0.3 is 0 Å². The van der Waals surface area contributed by atoms with Crippen LogP contribution in [0.25, 0.3) is 0 Å². The average molecular weight is 776 g/mol. The Hall–Kier alpha value is -4.53. The lowest BCUT2D eigenvalue weighted by Gasteiger charge is -2.00. The summed E-state index contributed by atoms with van der Waals surface area (Å²) in [5.74, 6) is 3.38. The first-order chi connectivity index (χ1) is 26.5. The van der Waals surface area contributed by atoms with E-state index in [9.17, 15) is 0 Å². The highest BCUT2D eigenvalue weighted by molar-refractivity contribution is 5.07. The summed E-state index contributed by atoms with van der Waals surface area (Å²) in [5.41, 5.74) is 4.37. The third-order valence-corrected chi connectivity index (χ3v) is 5.94. The maximum Gasteiger partial charge on any atom is 0.130 e. The second-order valence-corrected chi connectivity index (χ2v) is 11.5. The molecule has 0 spiro atoms.